The van der Waals surface area contributed by atoms with E-state index in [1.165, 1.54) is 21.1 Å². The van der Waals surface area contributed by atoms with Gasteiger partial charge in [-0.15, -0.1) is 0 Å². The Bertz CT molecular complexity index is 457. The van der Waals surface area contributed by atoms with Crippen LogP contribution in [0.1, 0.15) is 31.1 Å². The van der Waals surface area contributed by atoms with Gasteiger partial charge < -0.3 is 14.6 Å². The molecule has 1 N–H and O–H groups in total. The van der Waals surface area contributed by atoms with Crippen LogP contribution in [0.3, 0.4) is 0 Å². The SMILES string of the molecule is COc1cc(CC(C)C(=O)O)c(C(C)F)cc1OC. The summed E-state index contributed by atoms with van der Waals surface area (Å²) in [7, 11) is 2.96. The number of alkyl halides is 1. The van der Waals surface area contributed by atoms with Gasteiger partial charge in [0.25, 0.3) is 0 Å². The monoisotopic (exact) mass is 270 g/mol. The van der Waals surface area contributed by atoms with E-state index in [0.717, 1.165) is 0 Å². The third kappa shape index (κ3) is 3.59. The van der Waals surface area contributed by atoms with E-state index in [-0.39, 0.29) is 6.42 Å². The van der Waals surface area contributed by atoms with E-state index >= 15 is 0 Å². The second-order valence-corrected chi connectivity index (χ2v) is 4.47. The van der Waals surface area contributed by atoms with Crippen LogP contribution in [-0.4, -0.2) is 25.3 Å². The zero-order chi connectivity index (χ0) is 14.6. The number of carboxylic acid groups (broad SMARTS) is 1. The number of benzene rings is 1. The van der Waals surface area contributed by atoms with Crippen molar-refractivity contribution in [3.05, 3.63) is 23.3 Å². The van der Waals surface area contributed by atoms with Crippen LogP contribution in [-0.2, 0) is 11.2 Å². The highest BCUT2D eigenvalue weighted by Crippen LogP contribution is 2.35. The minimum absolute atomic E-state index is 0.249. The van der Waals surface area contributed by atoms with E-state index < -0.39 is 18.1 Å². The van der Waals surface area contributed by atoms with Crippen LogP contribution >= 0.6 is 0 Å². The smallest absolute Gasteiger partial charge is 0.306 e. The largest absolute Gasteiger partial charge is 0.493 e. The Kier molecular flexibility index (Phi) is 5.15. The van der Waals surface area contributed by atoms with Gasteiger partial charge in [0.2, 0.25) is 0 Å². The quantitative estimate of drug-likeness (QED) is 0.863. The van der Waals surface area contributed by atoms with Crippen LogP contribution in [0.5, 0.6) is 11.5 Å². The summed E-state index contributed by atoms with van der Waals surface area (Å²) in [5.41, 5.74) is 1.06. The van der Waals surface area contributed by atoms with Gasteiger partial charge in [-0.2, -0.15) is 0 Å². The van der Waals surface area contributed by atoms with Crippen LogP contribution in [0.4, 0.5) is 4.39 Å². The molecule has 0 saturated carbocycles. The summed E-state index contributed by atoms with van der Waals surface area (Å²) in [6.07, 6.45) is -0.949. The Morgan fingerprint density at radius 1 is 1.26 bits per heavy atom. The van der Waals surface area contributed by atoms with E-state index in [9.17, 15) is 9.18 Å². The molecule has 4 nitrogen and oxygen atoms in total. The molecule has 0 bridgehead atoms. The first kappa shape index (κ1) is 15.3. The lowest BCUT2D eigenvalue weighted by atomic mass is 9.94. The third-order valence-electron chi connectivity index (χ3n) is 3.02. The molecule has 2 unspecified atom stereocenters. The fraction of sp³-hybridized carbons (Fsp3) is 0.500. The summed E-state index contributed by atoms with van der Waals surface area (Å²) < 4.78 is 23.9. The fourth-order valence-electron chi connectivity index (χ4n) is 1.90. The summed E-state index contributed by atoms with van der Waals surface area (Å²) in [6, 6.07) is 3.21. The Labute approximate surface area is 112 Å². The van der Waals surface area contributed by atoms with Crippen molar-refractivity contribution in [2.45, 2.75) is 26.4 Å². The topological polar surface area (TPSA) is 55.8 Å². The summed E-state index contributed by atoms with van der Waals surface area (Å²) in [5, 5.41) is 8.95. The molecule has 0 radical (unpaired) electrons. The average Bonchev–Trinajstić information content (AvgIpc) is 2.37. The third-order valence-corrected chi connectivity index (χ3v) is 3.02. The summed E-state index contributed by atoms with van der Waals surface area (Å²) in [6.45, 7) is 3.00. The van der Waals surface area contributed by atoms with E-state index in [1.54, 1.807) is 19.1 Å². The van der Waals surface area contributed by atoms with Crippen molar-refractivity contribution in [3.63, 3.8) is 0 Å². The van der Waals surface area contributed by atoms with Crippen LogP contribution < -0.4 is 9.47 Å². The molecule has 0 spiro atoms. The van der Waals surface area contributed by atoms with Gasteiger partial charge >= 0.3 is 5.97 Å². The zero-order valence-corrected chi connectivity index (χ0v) is 11.6. The van der Waals surface area contributed by atoms with Crippen molar-refractivity contribution in [2.24, 2.45) is 5.92 Å². The molecule has 106 valence electrons. The van der Waals surface area contributed by atoms with E-state index in [2.05, 4.69) is 0 Å². The van der Waals surface area contributed by atoms with Crippen molar-refractivity contribution in [1.82, 2.24) is 0 Å². The predicted molar refractivity (Wildman–Crippen MR) is 69.6 cm³/mol. The number of carbonyl (C=O) groups is 1. The number of hydrogen-bond donors (Lipinski definition) is 1. The minimum Gasteiger partial charge on any atom is -0.493 e. The summed E-state index contributed by atoms with van der Waals surface area (Å²) >= 11 is 0. The second kappa shape index (κ2) is 6.41. The molecule has 0 aromatic heterocycles. The minimum atomic E-state index is -1.20. The lowest BCUT2D eigenvalue weighted by Gasteiger charge is -2.17. The molecule has 0 amide bonds. The van der Waals surface area contributed by atoms with Gasteiger partial charge in [0.15, 0.2) is 11.5 Å². The molecule has 1 aromatic carbocycles. The molecule has 0 aliphatic rings. The van der Waals surface area contributed by atoms with Crippen LogP contribution in [0.15, 0.2) is 12.1 Å². The molecule has 0 saturated heterocycles. The average molecular weight is 270 g/mol. The molecule has 19 heavy (non-hydrogen) atoms. The highest BCUT2D eigenvalue weighted by Gasteiger charge is 2.19. The van der Waals surface area contributed by atoms with Gasteiger partial charge in [-0.1, -0.05) is 6.92 Å². The maximum Gasteiger partial charge on any atom is 0.306 e. The number of carboxylic acids is 1. The Morgan fingerprint density at radius 3 is 2.21 bits per heavy atom. The highest BCUT2D eigenvalue weighted by molar-refractivity contribution is 5.70. The first-order valence-corrected chi connectivity index (χ1v) is 6.02. The van der Waals surface area contributed by atoms with E-state index in [0.29, 0.717) is 22.6 Å². The highest BCUT2D eigenvalue weighted by atomic mass is 19.1. The number of rotatable bonds is 6. The number of hydrogen-bond acceptors (Lipinski definition) is 3. The molecule has 2 atom stereocenters. The summed E-state index contributed by atoms with van der Waals surface area (Å²) in [5.74, 6) is -0.587. The maximum atomic E-state index is 13.7. The van der Waals surface area contributed by atoms with E-state index in [4.69, 9.17) is 14.6 Å². The molecular formula is C14H19FO4. The predicted octanol–water partition coefficient (Wildman–Crippen LogP) is 3.00. The molecule has 0 fully saturated rings. The second-order valence-electron chi connectivity index (χ2n) is 4.47. The van der Waals surface area contributed by atoms with Gasteiger partial charge in [-0.25, -0.2) is 4.39 Å². The number of halogens is 1. The van der Waals surface area contributed by atoms with Crippen LogP contribution in [0, 0.1) is 5.92 Å². The first-order chi connectivity index (χ1) is 8.90. The van der Waals surface area contributed by atoms with Crippen molar-refractivity contribution < 1.29 is 23.8 Å². The molecule has 0 heterocycles. The molecule has 5 heteroatoms. The Balaban J connectivity index is 3.23. The molecule has 0 aliphatic carbocycles. The van der Waals surface area contributed by atoms with E-state index in [1.807, 2.05) is 0 Å². The van der Waals surface area contributed by atoms with Crippen molar-refractivity contribution in [1.29, 1.82) is 0 Å². The summed E-state index contributed by atoms with van der Waals surface area (Å²) in [4.78, 5) is 10.9. The first-order valence-electron chi connectivity index (χ1n) is 6.02. The van der Waals surface area contributed by atoms with Crippen LogP contribution in [0.2, 0.25) is 0 Å². The lowest BCUT2D eigenvalue weighted by Crippen LogP contribution is -2.14. The molecule has 1 rings (SSSR count). The maximum absolute atomic E-state index is 13.7. The zero-order valence-electron chi connectivity index (χ0n) is 11.6. The van der Waals surface area contributed by atoms with Gasteiger partial charge in [0.05, 0.1) is 20.1 Å². The Morgan fingerprint density at radius 2 is 1.79 bits per heavy atom. The molecular weight excluding hydrogens is 251 g/mol. The van der Waals surface area contributed by atoms with Gasteiger partial charge in [-0.3, -0.25) is 4.79 Å². The number of methoxy groups -OCH3 is 2. The van der Waals surface area contributed by atoms with Gasteiger partial charge in [-0.05, 0) is 36.6 Å². The van der Waals surface area contributed by atoms with Crippen molar-refractivity contribution >= 4 is 5.97 Å². The standard InChI is InChI=1S/C14H19FO4/c1-8(14(16)17)5-10-6-12(18-3)13(19-4)7-11(10)9(2)15/h6-9H,5H2,1-4H3,(H,16,17). The Hall–Kier alpha value is -1.78. The van der Waals surface area contributed by atoms with Gasteiger partial charge in [0, 0.05) is 0 Å². The van der Waals surface area contributed by atoms with Crippen LogP contribution in [0.25, 0.3) is 0 Å². The fourth-order valence-corrected chi connectivity index (χ4v) is 1.90. The normalized spacial score (nSPS) is 13.7. The molecule has 1 aromatic rings. The number of aliphatic carboxylic acids is 1. The lowest BCUT2D eigenvalue weighted by molar-refractivity contribution is -0.141. The number of ether oxygens (including phenoxy) is 2. The van der Waals surface area contributed by atoms with Gasteiger partial charge in [0.1, 0.15) is 6.17 Å². The van der Waals surface area contributed by atoms with Crippen molar-refractivity contribution in [3.8, 4) is 11.5 Å². The molecule has 0 aliphatic heterocycles. The van der Waals surface area contributed by atoms with Crippen molar-refractivity contribution in [2.75, 3.05) is 14.2 Å².